The maximum Gasteiger partial charge on any atom is 0.233 e. The average Bonchev–Trinajstić information content (AvgIpc) is 3.09. The van der Waals surface area contributed by atoms with Gasteiger partial charge in [-0.25, -0.2) is 0 Å². The molecule has 1 aliphatic heterocycles. The van der Waals surface area contributed by atoms with Crippen molar-refractivity contribution in [2.75, 3.05) is 18.8 Å². The number of nitrogens with zero attached hydrogens (tertiary/aromatic N) is 5. The Bertz CT molecular complexity index is 712. The molecule has 1 aromatic carbocycles. The first-order chi connectivity index (χ1) is 11.6. The Morgan fingerprint density at radius 2 is 1.92 bits per heavy atom. The van der Waals surface area contributed by atoms with E-state index in [2.05, 4.69) is 15.5 Å². The van der Waals surface area contributed by atoms with Crippen LogP contribution in [0.1, 0.15) is 12.8 Å². The van der Waals surface area contributed by atoms with Gasteiger partial charge in [-0.2, -0.15) is 4.68 Å². The number of tetrazole rings is 1. The number of nitrogens with two attached hydrogens (primary N) is 1. The molecular formula is C15H18N6O2S. The van der Waals surface area contributed by atoms with Crippen molar-refractivity contribution in [1.29, 1.82) is 0 Å². The first-order valence-corrected chi connectivity index (χ1v) is 8.67. The van der Waals surface area contributed by atoms with Crippen LogP contribution in [0.2, 0.25) is 0 Å². The van der Waals surface area contributed by atoms with Crippen molar-refractivity contribution in [2.45, 2.75) is 18.0 Å². The number of carbonyl (C=O) groups excluding carboxylic acids is 2. The fourth-order valence-corrected chi connectivity index (χ4v) is 3.42. The largest absolute Gasteiger partial charge is 0.369 e. The molecule has 2 heterocycles. The Labute approximate surface area is 143 Å². The van der Waals surface area contributed by atoms with Gasteiger partial charge >= 0.3 is 0 Å². The van der Waals surface area contributed by atoms with Crippen molar-refractivity contribution < 1.29 is 9.59 Å². The molecule has 0 aliphatic carbocycles. The molecule has 0 spiro atoms. The Morgan fingerprint density at radius 3 is 2.58 bits per heavy atom. The highest BCUT2D eigenvalue weighted by molar-refractivity contribution is 7.99. The summed E-state index contributed by atoms with van der Waals surface area (Å²) in [5.74, 6) is -0.120. The quantitative estimate of drug-likeness (QED) is 0.789. The van der Waals surface area contributed by atoms with Gasteiger partial charge in [0.25, 0.3) is 0 Å². The summed E-state index contributed by atoms with van der Waals surface area (Å²) >= 11 is 1.30. The average molecular weight is 346 g/mol. The zero-order chi connectivity index (χ0) is 16.9. The third-order valence-electron chi connectivity index (χ3n) is 4.02. The minimum absolute atomic E-state index is 0.0190. The first kappa shape index (κ1) is 16.4. The molecule has 24 heavy (non-hydrogen) atoms. The van der Waals surface area contributed by atoms with E-state index in [9.17, 15) is 9.59 Å². The van der Waals surface area contributed by atoms with Crippen molar-refractivity contribution in [3.63, 3.8) is 0 Å². The molecule has 0 unspecified atom stereocenters. The second-order valence-electron chi connectivity index (χ2n) is 5.55. The van der Waals surface area contributed by atoms with Crippen molar-refractivity contribution >= 4 is 23.6 Å². The molecule has 2 aromatic rings. The number of likely N-dealkylation sites (tertiary alicyclic amines) is 1. The van der Waals surface area contributed by atoms with Crippen molar-refractivity contribution in [3.05, 3.63) is 30.3 Å². The zero-order valence-corrected chi connectivity index (χ0v) is 13.9. The van der Waals surface area contributed by atoms with Crippen LogP contribution in [0, 0.1) is 5.92 Å². The number of amides is 2. The molecule has 0 atom stereocenters. The molecule has 126 valence electrons. The van der Waals surface area contributed by atoms with Crippen LogP contribution in [-0.2, 0) is 9.59 Å². The van der Waals surface area contributed by atoms with Gasteiger partial charge in [0.1, 0.15) is 0 Å². The van der Waals surface area contributed by atoms with Gasteiger partial charge in [-0.3, -0.25) is 9.59 Å². The summed E-state index contributed by atoms with van der Waals surface area (Å²) in [5.41, 5.74) is 6.16. The number of aromatic nitrogens is 4. The summed E-state index contributed by atoms with van der Waals surface area (Å²) < 4.78 is 1.61. The van der Waals surface area contributed by atoms with Crippen LogP contribution >= 0.6 is 11.8 Å². The molecule has 1 saturated heterocycles. The van der Waals surface area contributed by atoms with Gasteiger partial charge in [-0.05, 0) is 35.4 Å². The van der Waals surface area contributed by atoms with E-state index in [0.29, 0.717) is 31.1 Å². The number of primary amides is 1. The highest BCUT2D eigenvalue weighted by Gasteiger charge is 2.26. The number of para-hydroxylation sites is 1. The normalized spacial score (nSPS) is 15.4. The summed E-state index contributed by atoms with van der Waals surface area (Å²) in [6, 6.07) is 9.52. The lowest BCUT2D eigenvalue weighted by Gasteiger charge is -2.30. The molecular weight excluding hydrogens is 328 g/mol. The Hall–Kier alpha value is -2.42. The molecule has 1 aliphatic rings. The van der Waals surface area contributed by atoms with E-state index < -0.39 is 0 Å². The second kappa shape index (κ2) is 7.43. The maximum absolute atomic E-state index is 12.3. The molecule has 0 bridgehead atoms. The number of rotatable bonds is 5. The van der Waals surface area contributed by atoms with Crippen LogP contribution < -0.4 is 5.73 Å². The van der Waals surface area contributed by atoms with E-state index in [-0.39, 0.29) is 23.5 Å². The number of benzene rings is 1. The number of carbonyl (C=O) groups is 2. The summed E-state index contributed by atoms with van der Waals surface area (Å²) in [4.78, 5) is 25.3. The molecule has 1 fully saturated rings. The van der Waals surface area contributed by atoms with E-state index in [0.717, 1.165) is 5.69 Å². The number of thioether (sulfide) groups is 1. The van der Waals surface area contributed by atoms with Gasteiger partial charge in [0.15, 0.2) is 0 Å². The fourth-order valence-electron chi connectivity index (χ4n) is 2.63. The van der Waals surface area contributed by atoms with Gasteiger partial charge in [-0.15, -0.1) is 5.10 Å². The van der Waals surface area contributed by atoms with Gasteiger partial charge in [0, 0.05) is 19.0 Å². The van der Waals surface area contributed by atoms with Crippen LogP contribution in [0.3, 0.4) is 0 Å². The topological polar surface area (TPSA) is 107 Å². The molecule has 2 amide bonds. The third-order valence-corrected chi connectivity index (χ3v) is 4.92. The maximum atomic E-state index is 12.3. The van der Waals surface area contributed by atoms with Gasteiger partial charge < -0.3 is 10.6 Å². The highest BCUT2D eigenvalue weighted by Crippen LogP contribution is 2.21. The third kappa shape index (κ3) is 3.73. The predicted octanol–water partition coefficient (Wildman–Crippen LogP) is 0.478. The number of hydrogen-bond acceptors (Lipinski definition) is 6. The Kier molecular flexibility index (Phi) is 5.09. The van der Waals surface area contributed by atoms with Crippen LogP contribution in [0.15, 0.2) is 35.5 Å². The first-order valence-electron chi connectivity index (χ1n) is 7.69. The predicted molar refractivity (Wildman–Crippen MR) is 88.4 cm³/mol. The summed E-state index contributed by atoms with van der Waals surface area (Å²) in [6.07, 6.45) is 1.26. The lowest BCUT2D eigenvalue weighted by molar-refractivity contribution is -0.132. The van der Waals surface area contributed by atoms with Crippen molar-refractivity contribution in [3.8, 4) is 5.69 Å². The molecule has 3 rings (SSSR count). The van der Waals surface area contributed by atoms with Crippen LogP contribution in [0.5, 0.6) is 0 Å². The standard InChI is InChI=1S/C15H18N6O2S/c16-14(23)11-6-8-20(9-7-11)13(22)10-24-15-17-18-19-21(15)12-4-2-1-3-5-12/h1-5,11H,6-10H2,(H2,16,23). The zero-order valence-electron chi connectivity index (χ0n) is 13.0. The summed E-state index contributed by atoms with van der Waals surface area (Å²) in [6.45, 7) is 1.13. The van der Waals surface area contributed by atoms with Gasteiger partial charge in [-0.1, -0.05) is 30.0 Å². The molecule has 0 radical (unpaired) electrons. The van der Waals surface area contributed by atoms with E-state index in [4.69, 9.17) is 5.73 Å². The van der Waals surface area contributed by atoms with Crippen LogP contribution in [0.25, 0.3) is 5.69 Å². The minimum Gasteiger partial charge on any atom is -0.369 e. The van der Waals surface area contributed by atoms with E-state index >= 15 is 0 Å². The summed E-state index contributed by atoms with van der Waals surface area (Å²) in [5, 5.41) is 12.2. The second-order valence-corrected chi connectivity index (χ2v) is 6.50. The molecule has 0 saturated carbocycles. The highest BCUT2D eigenvalue weighted by atomic mass is 32.2. The molecule has 1 aromatic heterocycles. The molecule has 9 heteroatoms. The van der Waals surface area contributed by atoms with Gasteiger partial charge in [0.05, 0.1) is 11.4 Å². The molecule has 2 N–H and O–H groups in total. The Balaban J connectivity index is 1.56. The van der Waals surface area contributed by atoms with E-state index in [1.807, 2.05) is 30.3 Å². The lowest BCUT2D eigenvalue weighted by atomic mass is 9.96. The van der Waals surface area contributed by atoms with Crippen LogP contribution in [0.4, 0.5) is 0 Å². The van der Waals surface area contributed by atoms with E-state index in [1.165, 1.54) is 11.8 Å². The molecule has 8 nitrogen and oxygen atoms in total. The Morgan fingerprint density at radius 1 is 1.21 bits per heavy atom. The van der Waals surface area contributed by atoms with Crippen LogP contribution in [-0.4, -0.2) is 55.8 Å². The van der Waals surface area contributed by atoms with E-state index in [1.54, 1.807) is 9.58 Å². The monoisotopic (exact) mass is 346 g/mol. The van der Waals surface area contributed by atoms with Gasteiger partial charge in [0.2, 0.25) is 17.0 Å². The van der Waals surface area contributed by atoms with Crippen molar-refractivity contribution in [2.24, 2.45) is 11.7 Å². The summed E-state index contributed by atoms with van der Waals surface area (Å²) in [7, 11) is 0. The SMILES string of the molecule is NC(=O)C1CCN(C(=O)CSc2nnnn2-c2ccccc2)CC1. The number of piperidine rings is 1. The lowest BCUT2D eigenvalue weighted by Crippen LogP contribution is -2.42. The smallest absolute Gasteiger partial charge is 0.233 e. The fraction of sp³-hybridized carbons (Fsp3) is 0.400. The number of hydrogen-bond donors (Lipinski definition) is 1. The van der Waals surface area contributed by atoms with Crippen molar-refractivity contribution in [1.82, 2.24) is 25.1 Å². The minimum atomic E-state index is -0.279.